The van der Waals surface area contributed by atoms with Gasteiger partial charge in [0.1, 0.15) is 17.4 Å². The summed E-state index contributed by atoms with van der Waals surface area (Å²) in [5.41, 5.74) is 1.12. The smallest absolute Gasteiger partial charge is 0.232 e. The van der Waals surface area contributed by atoms with Gasteiger partial charge < -0.3 is 9.52 Å². The van der Waals surface area contributed by atoms with Crippen LogP contribution in [0.5, 0.6) is 0 Å². The van der Waals surface area contributed by atoms with Crippen LogP contribution in [-0.2, 0) is 4.79 Å². The molecule has 2 heterocycles. The van der Waals surface area contributed by atoms with Crippen LogP contribution in [0.15, 0.2) is 4.42 Å². The molecule has 1 atom stereocenters. The van der Waals surface area contributed by atoms with Gasteiger partial charge in [0.25, 0.3) is 0 Å². The van der Waals surface area contributed by atoms with Crippen LogP contribution in [0.4, 0.5) is 5.88 Å². The van der Waals surface area contributed by atoms with Gasteiger partial charge in [0, 0.05) is 5.56 Å². The SMILES string of the molecule is Cc1oc(N2CC(O)CC2=O)c(C#N)c1C. The lowest BCUT2D eigenvalue weighted by Gasteiger charge is -2.12. The van der Waals surface area contributed by atoms with E-state index in [0.29, 0.717) is 11.3 Å². The second kappa shape index (κ2) is 3.65. The minimum absolute atomic E-state index is 0.0870. The third-order valence-corrected chi connectivity index (χ3v) is 2.83. The summed E-state index contributed by atoms with van der Waals surface area (Å²) in [7, 11) is 0. The van der Waals surface area contributed by atoms with E-state index in [9.17, 15) is 9.90 Å². The van der Waals surface area contributed by atoms with Gasteiger partial charge in [-0.2, -0.15) is 5.26 Å². The molecule has 1 fully saturated rings. The number of anilines is 1. The first-order chi connectivity index (χ1) is 7.54. The number of carbonyl (C=O) groups excluding carboxylic acids is 1. The third kappa shape index (κ3) is 1.48. The highest BCUT2D eigenvalue weighted by Gasteiger charge is 2.33. The van der Waals surface area contributed by atoms with Crippen LogP contribution in [-0.4, -0.2) is 23.7 Å². The van der Waals surface area contributed by atoms with Gasteiger partial charge >= 0.3 is 0 Å². The molecule has 0 saturated carbocycles. The summed E-state index contributed by atoms with van der Waals surface area (Å²) >= 11 is 0. The van der Waals surface area contributed by atoms with Crippen molar-refractivity contribution in [1.29, 1.82) is 5.26 Å². The second-order valence-electron chi connectivity index (χ2n) is 3.94. The highest BCUT2D eigenvalue weighted by atomic mass is 16.4. The lowest BCUT2D eigenvalue weighted by Crippen LogP contribution is -2.25. The van der Waals surface area contributed by atoms with E-state index in [1.807, 2.05) is 6.07 Å². The van der Waals surface area contributed by atoms with Crippen molar-refractivity contribution in [2.75, 3.05) is 11.4 Å². The predicted molar refractivity (Wildman–Crippen MR) is 55.9 cm³/mol. The maximum absolute atomic E-state index is 11.6. The summed E-state index contributed by atoms with van der Waals surface area (Å²) < 4.78 is 5.41. The third-order valence-electron chi connectivity index (χ3n) is 2.83. The van der Waals surface area contributed by atoms with Crippen LogP contribution in [0, 0.1) is 25.2 Å². The summed E-state index contributed by atoms with van der Waals surface area (Å²) in [5.74, 6) is 0.678. The van der Waals surface area contributed by atoms with E-state index in [1.165, 1.54) is 4.90 Å². The Balaban J connectivity index is 2.46. The number of nitriles is 1. The van der Waals surface area contributed by atoms with E-state index in [0.717, 1.165) is 5.56 Å². The lowest BCUT2D eigenvalue weighted by molar-refractivity contribution is -0.117. The van der Waals surface area contributed by atoms with E-state index in [4.69, 9.17) is 9.68 Å². The molecule has 2 rings (SSSR count). The number of hydrogen-bond acceptors (Lipinski definition) is 4. The van der Waals surface area contributed by atoms with Gasteiger partial charge in [0.05, 0.1) is 19.1 Å². The largest absolute Gasteiger partial charge is 0.444 e. The Morgan fingerprint density at radius 1 is 1.56 bits per heavy atom. The summed E-state index contributed by atoms with van der Waals surface area (Å²) in [4.78, 5) is 12.9. The van der Waals surface area contributed by atoms with Crippen molar-refractivity contribution in [2.45, 2.75) is 26.4 Å². The fourth-order valence-corrected chi connectivity index (χ4v) is 1.82. The zero-order chi connectivity index (χ0) is 11.9. The minimum Gasteiger partial charge on any atom is -0.444 e. The van der Waals surface area contributed by atoms with E-state index in [2.05, 4.69) is 0 Å². The summed E-state index contributed by atoms with van der Waals surface area (Å²) in [6.45, 7) is 3.72. The topological polar surface area (TPSA) is 77.5 Å². The van der Waals surface area contributed by atoms with Crippen molar-refractivity contribution < 1.29 is 14.3 Å². The number of furan rings is 1. The molecule has 1 saturated heterocycles. The summed E-state index contributed by atoms with van der Waals surface area (Å²) in [6, 6.07) is 2.03. The number of β-amino-alcohol motifs (C(OH)–C–C–N with tert-alkyl or cyclic N) is 1. The molecule has 1 unspecified atom stereocenters. The van der Waals surface area contributed by atoms with Gasteiger partial charge in [-0.1, -0.05) is 0 Å². The Hall–Kier alpha value is -1.80. The molecular formula is C11H12N2O3. The fourth-order valence-electron chi connectivity index (χ4n) is 1.82. The molecule has 1 aliphatic heterocycles. The monoisotopic (exact) mass is 220 g/mol. The highest BCUT2D eigenvalue weighted by Crippen LogP contribution is 2.31. The maximum Gasteiger partial charge on any atom is 0.232 e. The number of nitrogens with zero attached hydrogens (tertiary/aromatic N) is 2. The van der Waals surface area contributed by atoms with Crippen molar-refractivity contribution in [3.63, 3.8) is 0 Å². The minimum atomic E-state index is -0.676. The molecule has 1 aromatic rings. The first-order valence-corrected chi connectivity index (χ1v) is 5.03. The quantitative estimate of drug-likeness (QED) is 0.761. The molecule has 0 aliphatic carbocycles. The molecule has 0 radical (unpaired) electrons. The van der Waals surface area contributed by atoms with Crippen molar-refractivity contribution in [2.24, 2.45) is 0 Å². The standard InChI is InChI=1S/C11H12N2O3/c1-6-7(2)16-11(9(6)4-12)13-5-8(14)3-10(13)15/h8,14H,3,5H2,1-2H3. The Kier molecular flexibility index (Phi) is 2.44. The second-order valence-corrected chi connectivity index (χ2v) is 3.94. The van der Waals surface area contributed by atoms with E-state index >= 15 is 0 Å². The molecule has 5 heteroatoms. The molecule has 1 amide bonds. The molecule has 0 bridgehead atoms. The number of rotatable bonds is 1. The van der Waals surface area contributed by atoms with Crippen LogP contribution in [0.25, 0.3) is 0 Å². The molecular weight excluding hydrogens is 208 g/mol. The van der Waals surface area contributed by atoms with E-state index in [-0.39, 0.29) is 24.8 Å². The van der Waals surface area contributed by atoms with Crippen molar-refractivity contribution in [3.8, 4) is 6.07 Å². The van der Waals surface area contributed by atoms with Gasteiger partial charge in [-0.3, -0.25) is 9.69 Å². The number of aryl methyl sites for hydroxylation is 1. The summed E-state index contributed by atoms with van der Waals surface area (Å²) in [5, 5.41) is 18.4. The zero-order valence-electron chi connectivity index (χ0n) is 9.15. The molecule has 1 aromatic heterocycles. The van der Waals surface area contributed by atoms with Crippen molar-refractivity contribution in [1.82, 2.24) is 0 Å². The fraction of sp³-hybridized carbons (Fsp3) is 0.455. The molecule has 1 N–H and O–H groups in total. The first kappa shape index (κ1) is 10.7. The first-order valence-electron chi connectivity index (χ1n) is 5.03. The molecule has 0 aromatic carbocycles. The van der Waals surface area contributed by atoms with Gasteiger partial charge in [-0.25, -0.2) is 0 Å². The van der Waals surface area contributed by atoms with E-state index in [1.54, 1.807) is 13.8 Å². The highest BCUT2D eigenvalue weighted by molar-refractivity contribution is 5.96. The zero-order valence-corrected chi connectivity index (χ0v) is 9.15. The Labute approximate surface area is 92.9 Å². The van der Waals surface area contributed by atoms with E-state index < -0.39 is 6.10 Å². The molecule has 5 nitrogen and oxygen atoms in total. The molecule has 84 valence electrons. The van der Waals surface area contributed by atoms with Gasteiger partial charge in [0.2, 0.25) is 11.8 Å². The van der Waals surface area contributed by atoms with Gasteiger partial charge in [0.15, 0.2) is 0 Å². The van der Waals surface area contributed by atoms with Crippen LogP contribution < -0.4 is 4.90 Å². The average Bonchev–Trinajstić information content (AvgIpc) is 2.69. The van der Waals surface area contributed by atoms with Crippen LogP contribution >= 0.6 is 0 Å². The summed E-state index contributed by atoms with van der Waals surface area (Å²) in [6.07, 6.45) is -0.589. The number of hydrogen-bond donors (Lipinski definition) is 1. The lowest BCUT2D eigenvalue weighted by atomic mass is 10.2. The average molecular weight is 220 g/mol. The molecule has 1 aliphatic rings. The van der Waals surface area contributed by atoms with Gasteiger partial charge in [-0.05, 0) is 13.8 Å². The Morgan fingerprint density at radius 2 is 2.25 bits per heavy atom. The maximum atomic E-state index is 11.6. The number of amides is 1. The van der Waals surface area contributed by atoms with Crippen LogP contribution in [0.1, 0.15) is 23.3 Å². The van der Waals surface area contributed by atoms with Crippen LogP contribution in [0.3, 0.4) is 0 Å². The normalized spacial score (nSPS) is 20.2. The van der Waals surface area contributed by atoms with Crippen molar-refractivity contribution >= 4 is 11.8 Å². The number of aliphatic hydroxyl groups is 1. The molecule has 0 spiro atoms. The van der Waals surface area contributed by atoms with Crippen molar-refractivity contribution in [3.05, 3.63) is 16.9 Å². The van der Waals surface area contributed by atoms with Gasteiger partial charge in [-0.15, -0.1) is 0 Å². The molecule has 16 heavy (non-hydrogen) atoms. The Morgan fingerprint density at radius 3 is 2.75 bits per heavy atom. The predicted octanol–water partition coefficient (Wildman–Crippen LogP) is 0.866. The Bertz CT molecular complexity index is 484. The number of carbonyl (C=O) groups is 1. The van der Waals surface area contributed by atoms with Crippen LogP contribution in [0.2, 0.25) is 0 Å². The number of aliphatic hydroxyl groups excluding tert-OH is 1.